The van der Waals surface area contributed by atoms with Crippen molar-refractivity contribution in [3.05, 3.63) is 35.9 Å². The van der Waals surface area contributed by atoms with E-state index in [0.29, 0.717) is 11.5 Å². The molecule has 0 aromatic heterocycles. The molecular weight excluding hydrogens is 244 g/mol. The minimum Gasteiger partial charge on any atom is -0.330 e. The van der Waals surface area contributed by atoms with Gasteiger partial charge < -0.3 is 11.1 Å². The lowest BCUT2D eigenvalue weighted by molar-refractivity contribution is 0.181. The summed E-state index contributed by atoms with van der Waals surface area (Å²) in [5.74, 6) is 0.747. The third-order valence-electron chi connectivity index (χ3n) is 5.43. The minimum absolute atomic E-state index is 0.447. The molecule has 0 amide bonds. The van der Waals surface area contributed by atoms with E-state index in [1.165, 1.54) is 50.5 Å². The molecule has 2 fully saturated rings. The van der Waals surface area contributed by atoms with Crippen LogP contribution in [0.4, 0.5) is 0 Å². The van der Waals surface area contributed by atoms with E-state index < -0.39 is 0 Å². The third-order valence-corrected chi connectivity index (χ3v) is 5.43. The van der Waals surface area contributed by atoms with E-state index >= 15 is 0 Å². The molecule has 1 aromatic carbocycles. The summed E-state index contributed by atoms with van der Waals surface area (Å²) in [7, 11) is 0. The highest BCUT2D eigenvalue weighted by atomic mass is 15.0. The molecule has 2 aliphatic carbocycles. The lowest BCUT2D eigenvalue weighted by Crippen LogP contribution is -2.36. The van der Waals surface area contributed by atoms with Gasteiger partial charge in [-0.3, -0.25) is 0 Å². The minimum atomic E-state index is 0.447. The van der Waals surface area contributed by atoms with Crippen LogP contribution < -0.4 is 11.1 Å². The fourth-order valence-corrected chi connectivity index (χ4v) is 3.87. The van der Waals surface area contributed by atoms with Gasteiger partial charge in [-0.15, -0.1) is 0 Å². The van der Waals surface area contributed by atoms with Gasteiger partial charge in [0.15, 0.2) is 0 Å². The van der Waals surface area contributed by atoms with Crippen LogP contribution in [0.5, 0.6) is 0 Å². The van der Waals surface area contributed by atoms with E-state index in [0.717, 1.165) is 19.0 Å². The first kappa shape index (κ1) is 14.1. The number of hydrogen-bond acceptors (Lipinski definition) is 2. The Balaban J connectivity index is 1.43. The third kappa shape index (κ3) is 3.24. The van der Waals surface area contributed by atoms with Gasteiger partial charge in [0.2, 0.25) is 0 Å². The molecule has 2 heteroatoms. The molecule has 20 heavy (non-hydrogen) atoms. The molecular formula is C18H28N2. The Labute approximate surface area is 123 Å². The fraction of sp³-hybridized carbons (Fsp3) is 0.667. The van der Waals surface area contributed by atoms with Crippen LogP contribution in [0, 0.1) is 5.41 Å². The summed E-state index contributed by atoms with van der Waals surface area (Å²) in [5, 5.41) is 3.76. The number of nitrogens with one attached hydrogen (secondary N) is 1. The lowest BCUT2D eigenvalue weighted by Gasteiger charge is -2.36. The van der Waals surface area contributed by atoms with Gasteiger partial charge in [0.1, 0.15) is 0 Å². The summed E-state index contributed by atoms with van der Waals surface area (Å²) >= 11 is 0. The molecule has 2 atom stereocenters. The molecule has 2 unspecified atom stereocenters. The van der Waals surface area contributed by atoms with Crippen LogP contribution >= 0.6 is 0 Å². The number of nitrogens with two attached hydrogens (primary N) is 1. The second-order valence-electron chi connectivity index (χ2n) is 6.83. The Hall–Kier alpha value is -0.860. The Kier molecular flexibility index (Phi) is 4.42. The number of rotatable bonds is 6. The Morgan fingerprint density at radius 3 is 2.55 bits per heavy atom. The van der Waals surface area contributed by atoms with Gasteiger partial charge in [-0.25, -0.2) is 0 Å². The van der Waals surface area contributed by atoms with Crippen molar-refractivity contribution in [3.63, 3.8) is 0 Å². The largest absolute Gasteiger partial charge is 0.330 e. The molecule has 2 aliphatic rings. The summed E-state index contributed by atoms with van der Waals surface area (Å²) in [5.41, 5.74) is 8.00. The van der Waals surface area contributed by atoms with Crippen molar-refractivity contribution in [2.45, 2.75) is 56.9 Å². The summed E-state index contributed by atoms with van der Waals surface area (Å²) in [4.78, 5) is 0. The zero-order valence-electron chi connectivity index (χ0n) is 12.5. The van der Waals surface area contributed by atoms with E-state index in [2.05, 4.69) is 35.6 Å². The normalized spacial score (nSPS) is 28.2. The fourth-order valence-electron chi connectivity index (χ4n) is 3.87. The summed E-state index contributed by atoms with van der Waals surface area (Å²) < 4.78 is 0. The molecule has 3 N–H and O–H groups in total. The first-order chi connectivity index (χ1) is 9.83. The maximum absolute atomic E-state index is 6.06. The summed E-state index contributed by atoms with van der Waals surface area (Å²) in [6.45, 7) is 2.02. The average molecular weight is 272 g/mol. The predicted octanol–water partition coefficient (Wildman–Crippen LogP) is 3.43. The Bertz CT molecular complexity index is 409. The van der Waals surface area contributed by atoms with Crippen LogP contribution in [-0.2, 0) is 0 Å². The summed E-state index contributed by atoms with van der Waals surface area (Å²) in [6, 6.07) is 11.6. The molecule has 0 bridgehead atoms. The van der Waals surface area contributed by atoms with Crippen molar-refractivity contribution in [2.24, 2.45) is 11.1 Å². The second kappa shape index (κ2) is 6.28. The first-order valence-corrected chi connectivity index (χ1v) is 8.31. The predicted molar refractivity (Wildman–Crippen MR) is 84.8 cm³/mol. The average Bonchev–Trinajstić information content (AvgIpc) is 3.29. The highest BCUT2D eigenvalue weighted by molar-refractivity contribution is 5.27. The molecule has 0 heterocycles. The van der Waals surface area contributed by atoms with E-state index in [1.54, 1.807) is 0 Å². The number of benzene rings is 1. The Morgan fingerprint density at radius 1 is 1.10 bits per heavy atom. The van der Waals surface area contributed by atoms with Crippen LogP contribution in [0.1, 0.15) is 56.4 Å². The number of hydrogen-bond donors (Lipinski definition) is 2. The van der Waals surface area contributed by atoms with Crippen molar-refractivity contribution in [1.29, 1.82) is 0 Å². The quantitative estimate of drug-likeness (QED) is 0.832. The van der Waals surface area contributed by atoms with Gasteiger partial charge in [0.25, 0.3) is 0 Å². The molecule has 0 spiro atoms. The Morgan fingerprint density at radius 2 is 1.85 bits per heavy atom. The van der Waals surface area contributed by atoms with Crippen LogP contribution in [0.2, 0.25) is 0 Å². The molecule has 0 radical (unpaired) electrons. The zero-order valence-corrected chi connectivity index (χ0v) is 12.5. The highest BCUT2D eigenvalue weighted by Crippen LogP contribution is 2.42. The van der Waals surface area contributed by atoms with Crippen molar-refractivity contribution >= 4 is 0 Å². The zero-order chi connectivity index (χ0) is 13.8. The van der Waals surface area contributed by atoms with Crippen LogP contribution in [0.25, 0.3) is 0 Å². The van der Waals surface area contributed by atoms with Gasteiger partial charge in [-0.2, -0.15) is 0 Å². The molecule has 1 aromatic rings. The van der Waals surface area contributed by atoms with Crippen molar-refractivity contribution in [3.8, 4) is 0 Å². The van der Waals surface area contributed by atoms with Crippen LogP contribution in [-0.4, -0.2) is 19.1 Å². The summed E-state index contributed by atoms with van der Waals surface area (Å²) in [6.07, 6.45) is 9.44. The van der Waals surface area contributed by atoms with Crippen molar-refractivity contribution in [2.75, 3.05) is 13.1 Å². The van der Waals surface area contributed by atoms with E-state index in [1.807, 2.05) is 0 Å². The topological polar surface area (TPSA) is 38.0 Å². The van der Waals surface area contributed by atoms with Gasteiger partial charge in [-0.1, -0.05) is 49.6 Å². The smallest absolute Gasteiger partial charge is 0.0143 e. The monoisotopic (exact) mass is 272 g/mol. The van der Waals surface area contributed by atoms with Gasteiger partial charge in [0.05, 0.1) is 0 Å². The van der Waals surface area contributed by atoms with Crippen LogP contribution in [0.15, 0.2) is 30.3 Å². The van der Waals surface area contributed by atoms with E-state index in [4.69, 9.17) is 5.73 Å². The molecule has 110 valence electrons. The first-order valence-electron chi connectivity index (χ1n) is 8.31. The van der Waals surface area contributed by atoms with E-state index in [9.17, 15) is 0 Å². The molecule has 0 saturated heterocycles. The van der Waals surface area contributed by atoms with Crippen molar-refractivity contribution < 1.29 is 0 Å². The molecule has 2 saturated carbocycles. The molecule has 3 rings (SSSR count). The maximum atomic E-state index is 6.06. The van der Waals surface area contributed by atoms with Crippen molar-refractivity contribution in [1.82, 2.24) is 5.32 Å². The highest BCUT2D eigenvalue weighted by Gasteiger charge is 2.38. The van der Waals surface area contributed by atoms with E-state index in [-0.39, 0.29) is 0 Å². The van der Waals surface area contributed by atoms with Gasteiger partial charge >= 0.3 is 0 Å². The standard InChI is InChI=1S/C18H28N2/c19-14-18(9-5-2-6-10-18)11-12-20-17-13-16(17)15-7-3-1-4-8-15/h1,3-4,7-8,16-17,20H,2,5-6,9-14,19H2. The lowest BCUT2D eigenvalue weighted by atomic mass is 9.72. The van der Waals surface area contributed by atoms with Crippen LogP contribution in [0.3, 0.4) is 0 Å². The maximum Gasteiger partial charge on any atom is 0.0143 e. The van der Waals surface area contributed by atoms with Gasteiger partial charge in [-0.05, 0) is 49.8 Å². The second-order valence-corrected chi connectivity index (χ2v) is 6.83. The van der Waals surface area contributed by atoms with Gasteiger partial charge in [0, 0.05) is 12.0 Å². The SMILES string of the molecule is NCC1(CCNC2CC2c2ccccc2)CCCCC1. The molecule has 2 nitrogen and oxygen atoms in total. The molecule has 0 aliphatic heterocycles.